The maximum atomic E-state index is 12.1. The van der Waals surface area contributed by atoms with Gasteiger partial charge in [-0.3, -0.25) is 9.59 Å². The highest BCUT2D eigenvalue weighted by atomic mass is 79.9. The minimum Gasteiger partial charge on any atom is -0.326 e. The van der Waals surface area contributed by atoms with Gasteiger partial charge in [0.1, 0.15) is 0 Å². The first kappa shape index (κ1) is 19.1. The van der Waals surface area contributed by atoms with Gasteiger partial charge in [-0.25, -0.2) is 5.43 Å². The number of aryl methyl sites for hydroxylation is 1. The number of halogens is 2. The summed E-state index contributed by atoms with van der Waals surface area (Å²) < 4.78 is 0.887. The van der Waals surface area contributed by atoms with Gasteiger partial charge in [-0.15, -0.1) is 0 Å². The lowest BCUT2D eigenvalue weighted by Gasteiger charge is -2.08. The van der Waals surface area contributed by atoms with Gasteiger partial charge < -0.3 is 5.32 Å². The summed E-state index contributed by atoms with van der Waals surface area (Å²) in [7, 11) is 0. The number of hydrogen-bond donors (Lipinski definition) is 2. The van der Waals surface area contributed by atoms with E-state index in [2.05, 4.69) is 31.8 Å². The topological polar surface area (TPSA) is 70.6 Å². The van der Waals surface area contributed by atoms with Crippen molar-refractivity contribution >= 4 is 50.7 Å². The first-order chi connectivity index (χ1) is 11.8. The molecule has 0 unspecified atom stereocenters. The molecule has 7 heteroatoms. The van der Waals surface area contributed by atoms with Crippen LogP contribution in [0.4, 0.5) is 5.69 Å². The third kappa shape index (κ3) is 5.99. The van der Waals surface area contributed by atoms with E-state index in [-0.39, 0.29) is 18.2 Å². The largest absolute Gasteiger partial charge is 0.326 e. The standard InChI is InChI=1S/C18H17BrClN3O2/c1-11-9-15(20)7-8-16(11)21-17(24)10-12(2)22-23-18(25)13-3-5-14(19)6-4-13/h3-9H,10H2,1-2H3,(H,21,24)(H,23,25). The van der Waals surface area contributed by atoms with Crippen LogP contribution in [0, 0.1) is 6.92 Å². The lowest BCUT2D eigenvalue weighted by molar-refractivity contribution is -0.115. The molecule has 0 radical (unpaired) electrons. The van der Waals surface area contributed by atoms with Crippen molar-refractivity contribution in [2.24, 2.45) is 5.10 Å². The van der Waals surface area contributed by atoms with Gasteiger partial charge in [-0.05, 0) is 61.9 Å². The summed E-state index contributed by atoms with van der Waals surface area (Å²) in [5, 5.41) is 7.38. The van der Waals surface area contributed by atoms with Gasteiger partial charge in [0.2, 0.25) is 5.91 Å². The number of amides is 2. The predicted octanol–water partition coefficient (Wildman–Crippen LogP) is 4.55. The van der Waals surface area contributed by atoms with Crippen LogP contribution in [0.5, 0.6) is 0 Å². The number of nitrogens with zero attached hydrogens (tertiary/aromatic N) is 1. The first-order valence-corrected chi connectivity index (χ1v) is 8.67. The molecular weight excluding hydrogens is 406 g/mol. The number of carbonyl (C=O) groups excluding carboxylic acids is 2. The smallest absolute Gasteiger partial charge is 0.271 e. The Kier molecular flexibility index (Phi) is 6.73. The van der Waals surface area contributed by atoms with Gasteiger partial charge in [0.25, 0.3) is 5.91 Å². The van der Waals surface area contributed by atoms with Crippen molar-refractivity contribution in [1.29, 1.82) is 0 Å². The van der Waals surface area contributed by atoms with E-state index in [9.17, 15) is 9.59 Å². The molecule has 0 spiro atoms. The third-order valence-electron chi connectivity index (χ3n) is 3.33. The zero-order chi connectivity index (χ0) is 18.4. The molecule has 0 bridgehead atoms. The second kappa shape index (κ2) is 8.78. The molecule has 2 N–H and O–H groups in total. The molecule has 2 rings (SSSR count). The SMILES string of the molecule is CC(CC(=O)Nc1ccc(Cl)cc1C)=NNC(=O)c1ccc(Br)cc1. The molecule has 0 heterocycles. The Morgan fingerprint density at radius 1 is 1.16 bits per heavy atom. The number of nitrogens with one attached hydrogen (secondary N) is 2. The lowest BCUT2D eigenvalue weighted by Crippen LogP contribution is -2.21. The van der Waals surface area contributed by atoms with E-state index in [4.69, 9.17) is 11.6 Å². The Bertz CT molecular complexity index is 820. The van der Waals surface area contributed by atoms with Crippen LogP contribution in [0.25, 0.3) is 0 Å². The molecule has 0 aliphatic heterocycles. The van der Waals surface area contributed by atoms with Crippen molar-refractivity contribution in [2.75, 3.05) is 5.32 Å². The van der Waals surface area contributed by atoms with Crippen LogP contribution in [0.15, 0.2) is 52.0 Å². The number of hydrogen-bond acceptors (Lipinski definition) is 3. The second-order valence-corrected chi connectivity index (χ2v) is 6.83. The molecule has 25 heavy (non-hydrogen) atoms. The molecule has 0 aromatic heterocycles. The van der Waals surface area contributed by atoms with Crippen LogP contribution in [0.3, 0.4) is 0 Å². The highest BCUT2D eigenvalue weighted by Crippen LogP contribution is 2.19. The molecule has 0 saturated carbocycles. The van der Waals surface area contributed by atoms with Crippen LogP contribution in [0.2, 0.25) is 5.02 Å². The lowest BCUT2D eigenvalue weighted by atomic mass is 10.2. The van der Waals surface area contributed by atoms with Gasteiger partial charge >= 0.3 is 0 Å². The molecule has 0 aliphatic carbocycles. The molecule has 0 atom stereocenters. The number of hydrazone groups is 1. The van der Waals surface area contributed by atoms with Gasteiger partial charge in [0.05, 0.1) is 6.42 Å². The Balaban J connectivity index is 1.90. The zero-order valence-corrected chi connectivity index (χ0v) is 16.1. The summed E-state index contributed by atoms with van der Waals surface area (Å²) >= 11 is 9.20. The van der Waals surface area contributed by atoms with Crippen molar-refractivity contribution in [3.63, 3.8) is 0 Å². The molecule has 130 valence electrons. The van der Waals surface area contributed by atoms with Gasteiger partial charge in [0.15, 0.2) is 0 Å². The molecule has 2 aromatic rings. The number of anilines is 1. The Labute approximate surface area is 159 Å². The molecular formula is C18H17BrClN3O2. The molecule has 0 aliphatic rings. The average molecular weight is 423 g/mol. The average Bonchev–Trinajstić information content (AvgIpc) is 2.56. The van der Waals surface area contributed by atoms with Gasteiger partial charge in [-0.2, -0.15) is 5.10 Å². The quantitative estimate of drug-likeness (QED) is 0.548. The predicted molar refractivity (Wildman–Crippen MR) is 104 cm³/mol. The second-order valence-electron chi connectivity index (χ2n) is 5.48. The number of benzene rings is 2. The normalized spacial score (nSPS) is 11.1. The molecule has 2 amide bonds. The minimum atomic E-state index is -0.333. The third-order valence-corrected chi connectivity index (χ3v) is 4.10. The van der Waals surface area contributed by atoms with Crippen molar-refractivity contribution in [1.82, 2.24) is 5.43 Å². The Hall–Kier alpha value is -2.18. The van der Waals surface area contributed by atoms with Gasteiger partial charge in [0, 0.05) is 26.5 Å². The van der Waals surface area contributed by atoms with Crippen molar-refractivity contribution in [3.05, 3.63) is 63.1 Å². The van der Waals surface area contributed by atoms with E-state index in [1.807, 2.05) is 6.92 Å². The summed E-state index contributed by atoms with van der Waals surface area (Å²) in [5.41, 5.74) is 4.99. The van der Waals surface area contributed by atoms with Crippen molar-refractivity contribution in [2.45, 2.75) is 20.3 Å². The molecule has 0 fully saturated rings. The summed E-state index contributed by atoms with van der Waals surface area (Å²) in [4.78, 5) is 24.0. The van der Waals surface area contributed by atoms with E-state index in [1.54, 1.807) is 49.4 Å². The molecule has 5 nitrogen and oxygen atoms in total. The maximum absolute atomic E-state index is 12.1. The van der Waals surface area contributed by atoms with E-state index < -0.39 is 0 Å². The van der Waals surface area contributed by atoms with E-state index in [1.165, 1.54) is 0 Å². The first-order valence-electron chi connectivity index (χ1n) is 7.50. The summed E-state index contributed by atoms with van der Waals surface area (Å²) in [5.74, 6) is -0.551. The summed E-state index contributed by atoms with van der Waals surface area (Å²) in [6.45, 7) is 3.54. The van der Waals surface area contributed by atoms with Crippen LogP contribution < -0.4 is 10.7 Å². The van der Waals surface area contributed by atoms with E-state index in [0.717, 1.165) is 10.0 Å². The number of rotatable bonds is 5. The maximum Gasteiger partial charge on any atom is 0.271 e. The van der Waals surface area contributed by atoms with Crippen LogP contribution in [-0.2, 0) is 4.79 Å². The summed E-state index contributed by atoms with van der Waals surface area (Å²) in [6.07, 6.45) is 0.0721. The highest BCUT2D eigenvalue weighted by Gasteiger charge is 2.08. The van der Waals surface area contributed by atoms with E-state index >= 15 is 0 Å². The molecule has 2 aromatic carbocycles. The van der Waals surface area contributed by atoms with Crippen molar-refractivity contribution in [3.8, 4) is 0 Å². The van der Waals surface area contributed by atoms with E-state index in [0.29, 0.717) is 22.0 Å². The monoisotopic (exact) mass is 421 g/mol. The fraction of sp³-hybridized carbons (Fsp3) is 0.167. The van der Waals surface area contributed by atoms with Crippen LogP contribution in [0.1, 0.15) is 29.3 Å². The zero-order valence-electron chi connectivity index (χ0n) is 13.8. The number of carbonyl (C=O) groups is 2. The Morgan fingerprint density at radius 2 is 1.84 bits per heavy atom. The van der Waals surface area contributed by atoms with Gasteiger partial charge in [-0.1, -0.05) is 27.5 Å². The highest BCUT2D eigenvalue weighted by molar-refractivity contribution is 9.10. The minimum absolute atomic E-state index is 0.0721. The fourth-order valence-electron chi connectivity index (χ4n) is 2.05. The fourth-order valence-corrected chi connectivity index (χ4v) is 2.54. The van der Waals surface area contributed by atoms with Crippen molar-refractivity contribution < 1.29 is 9.59 Å². The summed E-state index contributed by atoms with van der Waals surface area (Å²) in [6, 6.07) is 12.1. The Morgan fingerprint density at radius 3 is 2.48 bits per heavy atom. The van der Waals surface area contributed by atoms with Crippen LogP contribution in [-0.4, -0.2) is 17.5 Å². The van der Waals surface area contributed by atoms with Crippen LogP contribution >= 0.6 is 27.5 Å². The molecule has 0 saturated heterocycles.